The second-order valence-corrected chi connectivity index (χ2v) is 7.74. The molecule has 1 amide bonds. The van der Waals surface area contributed by atoms with E-state index in [-0.39, 0.29) is 17.7 Å². The molecule has 2 aromatic heterocycles. The summed E-state index contributed by atoms with van der Waals surface area (Å²) in [7, 11) is 0. The minimum atomic E-state index is 0.0139. The quantitative estimate of drug-likeness (QED) is 0.626. The summed E-state index contributed by atoms with van der Waals surface area (Å²) in [6.07, 6.45) is 5.06. The van der Waals surface area contributed by atoms with E-state index < -0.39 is 0 Å². The van der Waals surface area contributed by atoms with Gasteiger partial charge in [0.2, 0.25) is 11.1 Å². The molecule has 3 atom stereocenters. The van der Waals surface area contributed by atoms with Crippen LogP contribution >= 0.6 is 11.8 Å². The largest absolute Gasteiger partial charge is 0.469 e. The summed E-state index contributed by atoms with van der Waals surface area (Å²) in [5.74, 6) is 8.79. The Balaban J connectivity index is 1.58. The summed E-state index contributed by atoms with van der Waals surface area (Å²) in [6.45, 7) is 6.32. The van der Waals surface area contributed by atoms with Gasteiger partial charge >= 0.3 is 0 Å². The lowest BCUT2D eigenvalue weighted by Crippen LogP contribution is -2.44. The van der Waals surface area contributed by atoms with Crippen LogP contribution in [-0.2, 0) is 4.79 Å². The fourth-order valence-corrected chi connectivity index (χ4v) is 4.01. The Morgan fingerprint density at radius 3 is 2.96 bits per heavy atom. The van der Waals surface area contributed by atoms with Crippen molar-refractivity contribution in [3.05, 3.63) is 18.1 Å². The summed E-state index contributed by atoms with van der Waals surface area (Å²) in [5, 5.41) is 11.9. The molecule has 1 aliphatic carbocycles. The molecule has 2 heterocycles. The number of carbonyl (C=O) groups excluding carboxylic acids is 1. The Labute approximate surface area is 151 Å². The summed E-state index contributed by atoms with van der Waals surface area (Å²) < 4.78 is 6.68. The summed E-state index contributed by atoms with van der Waals surface area (Å²) in [6, 6.07) is 2.06. The van der Waals surface area contributed by atoms with Gasteiger partial charge in [0, 0.05) is 6.04 Å². The highest BCUT2D eigenvalue weighted by molar-refractivity contribution is 7.99. The maximum absolute atomic E-state index is 12.3. The second kappa shape index (κ2) is 7.51. The molecule has 3 unspecified atom stereocenters. The van der Waals surface area contributed by atoms with Gasteiger partial charge in [0.05, 0.1) is 17.6 Å². The number of hydrogen-bond donors (Lipinski definition) is 2. The first-order chi connectivity index (χ1) is 12.0. The standard InChI is InChI=1S/C17H25N5O2S/c1-10-5-4-6-14(11(10)2)19-15(23)9-25-17-21-20-16(22(17)18)13-7-8-24-12(13)3/h7-8,10-11,14H,4-6,9,18H2,1-3H3,(H,19,23). The van der Waals surface area contributed by atoms with Gasteiger partial charge in [0.1, 0.15) is 5.76 Å². The van der Waals surface area contributed by atoms with E-state index in [2.05, 4.69) is 29.4 Å². The number of furan rings is 1. The monoisotopic (exact) mass is 363 g/mol. The highest BCUT2D eigenvalue weighted by atomic mass is 32.2. The Morgan fingerprint density at radius 2 is 2.24 bits per heavy atom. The number of nitrogen functional groups attached to an aromatic ring is 1. The molecule has 8 heteroatoms. The van der Waals surface area contributed by atoms with Crippen LogP contribution in [0.5, 0.6) is 0 Å². The molecule has 7 nitrogen and oxygen atoms in total. The highest BCUT2D eigenvalue weighted by Crippen LogP contribution is 2.30. The van der Waals surface area contributed by atoms with E-state index in [0.717, 1.165) is 17.7 Å². The molecule has 1 saturated carbocycles. The number of aryl methyl sites for hydroxylation is 1. The molecular weight excluding hydrogens is 338 g/mol. The van der Waals surface area contributed by atoms with Gasteiger partial charge in [-0.05, 0) is 31.2 Å². The maximum atomic E-state index is 12.3. The number of nitrogens with two attached hydrogens (primary N) is 1. The van der Waals surface area contributed by atoms with Gasteiger partial charge in [-0.1, -0.05) is 38.5 Å². The van der Waals surface area contributed by atoms with Crippen molar-refractivity contribution < 1.29 is 9.21 Å². The van der Waals surface area contributed by atoms with E-state index >= 15 is 0 Å². The van der Waals surface area contributed by atoms with Gasteiger partial charge in [-0.2, -0.15) is 0 Å². The topological polar surface area (TPSA) is 99.0 Å². The fourth-order valence-electron chi connectivity index (χ4n) is 3.34. The normalized spacial score (nSPS) is 23.6. The van der Waals surface area contributed by atoms with Crippen LogP contribution in [0.1, 0.15) is 38.9 Å². The zero-order valence-corrected chi connectivity index (χ0v) is 15.7. The van der Waals surface area contributed by atoms with E-state index in [1.807, 2.05) is 6.92 Å². The molecule has 3 N–H and O–H groups in total. The van der Waals surface area contributed by atoms with Crippen LogP contribution in [0.15, 0.2) is 21.9 Å². The molecule has 136 valence electrons. The number of carbonyl (C=O) groups is 1. The zero-order chi connectivity index (χ0) is 18.0. The zero-order valence-electron chi connectivity index (χ0n) is 14.9. The first-order valence-electron chi connectivity index (χ1n) is 8.64. The SMILES string of the molecule is Cc1occc1-c1nnc(SCC(=O)NC2CCCC(C)C2C)n1N. The molecular formula is C17H25N5O2S. The van der Waals surface area contributed by atoms with Crippen LogP contribution < -0.4 is 11.2 Å². The van der Waals surface area contributed by atoms with Crippen molar-refractivity contribution in [3.63, 3.8) is 0 Å². The average Bonchev–Trinajstić information content (AvgIpc) is 3.15. The van der Waals surface area contributed by atoms with Gasteiger partial charge in [-0.3, -0.25) is 4.79 Å². The molecule has 0 saturated heterocycles. The Morgan fingerprint density at radius 1 is 1.44 bits per heavy atom. The predicted molar refractivity (Wildman–Crippen MR) is 97.4 cm³/mol. The predicted octanol–water partition coefficient (Wildman–Crippen LogP) is 2.59. The molecule has 0 aliphatic heterocycles. The van der Waals surface area contributed by atoms with Gasteiger partial charge in [-0.25, -0.2) is 4.68 Å². The Kier molecular flexibility index (Phi) is 5.36. The second-order valence-electron chi connectivity index (χ2n) is 6.80. The lowest BCUT2D eigenvalue weighted by atomic mass is 9.78. The van der Waals surface area contributed by atoms with Gasteiger partial charge in [0.25, 0.3) is 0 Å². The van der Waals surface area contributed by atoms with Crippen molar-refractivity contribution in [2.75, 3.05) is 11.6 Å². The third-order valence-corrected chi connectivity index (χ3v) is 6.09. The summed E-state index contributed by atoms with van der Waals surface area (Å²) >= 11 is 1.29. The van der Waals surface area contributed by atoms with Crippen molar-refractivity contribution in [1.29, 1.82) is 0 Å². The van der Waals surface area contributed by atoms with E-state index in [1.165, 1.54) is 29.3 Å². The van der Waals surface area contributed by atoms with Crippen LogP contribution in [0.25, 0.3) is 11.4 Å². The van der Waals surface area contributed by atoms with E-state index in [0.29, 0.717) is 22.8 Å². The minimum Gasteiger partial charge on any atom is -0.469 e. The number of nitrogens with one attached hydrogen (secondary N) is 1. The number of thioether (sulfide) groups is 1. The number of aromatic nitrogens is 3. The molecule has 0 radical (unpaired) electrons. The van der Waals surface area contributed by atoms with Crippen LogP contribution in [0.2, 0.25) is 0 Å². The van der Waals surface area contributed by atoms with E-state index in [1.54, 1.807) is 12.3 Å². The smallest absolute Gasteiger partial charge is 0.230 e. The molecule has 1 aliphatic rings. The summed E-state index contributed by atoms with van der Waals surface area (Å²) in [4.78, 5) is 12.3. The lowest BCUT2D eigenvalue weighted by Gasteiger charge is -2.34. The molecule has 2 aromatic rings. The molecule has 3 rings (SSSR count). The van der Waals surface area contributed by atoms with Crippen LogP contribution in [-0.4, -0.2) is 32.6 Å². The third-order valence-electron chi connectivity index (χ3n) is 5.15. The number of nitrogens with zero attached hydrogens (tertiary/aromatic N) is 3. The van der Waals surface area contributed by atoms with Gasteiger partial charge in [0.15, 0.2) is 5.82 Å². The van der Waals surface area contributed by atoms with Crippen molar-refractivity contribution in [2.24, 2.45) is 11.8 Å². The summed E-state index contributed by atoms with van der Waals surface area (Å²) in [5.41, 5.74) is 0.802. The number of rotatable bonds is 5. The minimum absolute atomic E-state index is 0.0139. The Hall–Kier alpha value is -1.96. The average molecular weight is 363 g/mol. The lowest BCUT2D eigenvalue weighted by molar-refractivity contribution is -0.120. The molecule has 0 bridgehead atoms. The van der Waals surface area contributed by atoms with Crippen LogP contribution in [0, 0.1) is 18.8 Å². The van der Waals surface area contributed by atoms with Crippen molar-refractivity contribution in [3.8, 4) is 11.4 Å². The third kappa shape index (κ3) is 3.84. The first-order valence-corrected chi connectivity index (χ1v) is 9.63. The van der Waals surface area contributed by atoms with Crippen molar-refractivity contribution in [2.45, 2.75) is 51.2 Å². The molecule has 25 heavy (non-hydrogen) atoms. The van der Waals surface area contributed by atoms with Crippen LogP contribution in [0.4, 0.5) is 0 Å². The fraction of sp³-hybridized carbons (Fsp3) is 0.588. The molecule has 0 aromatic carbocycles. The van der Waals surface area contributed by atoms with Crippen molar-refractivity contribution >= 4 is 17.7 Å². The first kappa shape index (κ1) is 17.8. The number of hydrogen-bond acceptors (Lipinski definition) is 6. The van der Waals surface area contributed by atoms with Gasteiger partial charge < -0.3 is 15.6 Å². The van der Waals surface area contributed by atoms with E-state index in [4.69, 9.17) is 10.3 Å². The highest BCUT2D eigenvalue weighted by Gasteiger charge is 2.28. The Bertz CT molecular complexity index is 741. The van der Waals surface area contributed by atoms with E-state index in [9.17, 15) is 4.79 Å². The molecule has 1 fully saturated rings. The maximum Gasteiger partial charge on any atom is 0.230 e. The van der Waals surface area contributed by atoms with Crippen molar-refractivity contribution in [1.82, 2.24) is 20.2 Å². The van der Waals surface area contributed by atoms with Gasteiger partial charge in [-0.15, -0.1) is 10.2 Å². The van der Waals surface area contributed by atoms with Crippen LogP contribution in [0.3, 0.4) is 0 Å². The molecule has 0 spiro atoms. The number of amides is 1.